The van der Waals surface area contributed by atoms with Crippen LogP contribution in [-0.4, -0.2) is 40.0 Å². The zero-order valence-electron chi connectivity index (χ0n) is 20.5. The van der Waals surface area contributed by atoms with Crippen LogP contribution in [-0.2, 0) is 18.6 Å². The second kappa shape index (κ2) is 45.7. The Morgan fingerprint density at radius 2 is 1.13 bits per heavy atom. The normalized spacial score (nSPS) is 9.74. The van der Waals surface area contributed by atoms with E-state index in [1.807, 2.05) is 31.7 Å². The first-order valence-electron chi connectivity index (χ1n) is 10.7. The summed E-state index contributed by atoms with van der Waals surface area (Å²) in [6.07, 6.45) is 0. The molecule has 38 heavy (non-hydrogen) atoms. The molecule has 232 valence electrons. The first kappa shape index (κ1) is 61.0. The maximum absolute atomic E-state index is 10.0. The van der Waals surface area contributed by atoms with Crippen LogP contribution in [0.5, 0.6) is 0 Å². The molecule has 0 aliphatic heterocycles. The summed E-state index contributed by atoms with van der Waals surface area (Å²) in [7, 11) is 1.74. The molecule has 0 saturated heterocycles. The lowest BCUT2D eigenvalue weighted by Gasteiger charge is -2.09. The first-order valence-corrected chi connectivity index (χ1v) is 13.4. The second-order valence-corrected chi connectivity index (χ2v) is 9.01. The van der Waals surface area contributed by atoms with Crippen molar-refractivity contribution in [2.45, 2.75) is 97.8 Å². The largest absolute Gasteiger partial charge is 0.507 e. The number of ether oxygens (including phenoxy) is 2. The molecule has 0 amide bonds. The van der Waals surface area contributed by atoms with Crippen LogP contribution in [0.2, 0.25) is 0 Å². The van der Waals surface area contributed by atoms with Gasteiger partial charge in [-0.05, 0) is 28.4 Å². The molecule has 0 saturated carbocycles. The van der Waals surface area contributed by atoms with E-state index in [4.69, 9.17) is 4.74 Å². The standard InChI is InChI=1S/C10H14O.C10H14S.C3H8O3P.C2H6.7CH4/c1-9(8-11-2)10-6-4-3-5-7-10;1-3-11-9(2)10-7-5-4-6-8-10;1-5-3-6-7(2)4;1-2;;;;;;;/h3-7,9H,8H2,1-2H3;4-9H,3H2,1-2H3;3H2,1-2H3;1-2H3;7*1H4/q;;+1;;;;;;;;. The van der Waals surface area contributed by atoms with E-state index in [2.05, 4.69) is 84.6 Å². The monoisotopic (exact) mass is 581 g/mol. The molecule has 0 bridgehead atoms. The molecular weight excluding hydrogens is 511 g/mol. The number of hydrogen-bond donors (Lipinski definition) is 0. The van der Waals surface area contributed by atoms with Crippen molar-refractivity contribution in [1.82, 2.24) is 0 Å². The van der Waals surface area contributed by atoms with E-state index >= 15 is 0 Å². The van der Waals surface area contributed by atoms with Gasteiger partial charge < -0.3 is 9.47 Å². The Morgan fingerprint density at radius 1 is 0.737 bits per heavy atom. The van der Waals surface area contributed by atoms with Gasteiger partial charge in [0, 0.05) is 25.4 Å². The van der Waals surface area contributed by atoms with Crippen LogP contribution in [0, 0.1) is 0 Å². The predicted molar refractivity (Wildman–Crippen MR) is 185 cm³/mol. The SMILES string of the molecule is C.C.C.C.C.C.C.CC.CCSC(C)c1ccccc1.COCC(C)c1ccccc1.COCO[P+](C)=O. The summed E-state index contributed by atoms with van der Waals surface area (Å²) in [5, 5.41) is 0.640. The second-order valence-electron chi connectivity index (χ2n) is 6.25. The van der Waals surface area contributed by atoms with Crippen LogP contribution >= 0.6 is 19.8 Å². The van der Waals surface area contributed by atoms with Crippen molar-refractivity contribution < 1.29 is 18.6 Å². The minimum Gasteiger partial charge on any atom is -0.384 e. The molecule has 2 rings (SSSR count). The Kier molecular flexibility index (Phi) is 73.3. The van der Waals surface area contributed by atoms with Crippen molar-refractivity contribution in [3.05, 3.63) is 71.8 Å². The van der Waals surface area contributed by atoms with Gasteiger partial charge in [-0.25, -0.2) is 0 Å². The molecule has 3 unspecified atom stereocenters. The van der Waals surface area contributed by atoms with Gasteiger partial charge in [-0.15, -0.1) is 4.52 Å². The van der Waals surface area contributed by atoms with E-state index in [0.29, 0.717) is 11.2 Å². The van der Waals surface area contributed by atoms with E-state index in [0.717, 1.165) is 6.61 Å². The van der Waals surface area contributed by atoms with E-state index < -0.39 is 8.03 Å². The number of hydrogen-bond acceptors (Lipinski definition) is 5. The Balaban J connectivity index is -0.0000000429. The summed E-state index contributed by atoms with van der Waals surface area (Å²) >= 11 is 1.98. The average molecular weight is 582 g/mol. The zero-order valence-corrected chi connectivity index (χ0v) is 22.2. The summed E-state index contributed by atoms with van der Waals surface area (Å²) < 4.78 is 24.0. The lowest BCUT2D eigenvalue weighted by molar-refractivity contribution is 0.0580. The molecule has 6 heteroatoms. The zero-order chi connectivity index (χ0) is 23.9. The molecule has 2 aromatic carbocycles. The highest BCUT2D eigenvalue weighted by molar-refractivity contribution is 7.99. The van der Waals surface area contributed by atoms with Crippen LogP contribution in [0.1, 0.15) is 109 Å². The smallest absolute Gasteiger partial charge is 0.384 e. The molecule has 4 nitrogen and oxygen atoms in total. The first-order chi connectivity index (χ1) is 15.0. The summed E-state index contributed by atoms with van der Waals surface area (Å²) in [4.78, 5) is 0. The van der Waals surface area contributed by atoms with E-state index in [1.165, 1.54) is 30.7 Å². The third-order valence-corrected chi connectivity index (χ3v) is 5.40. The molecule has 0 spiro atoms. The highest BCUT2D eigenvalue weighted by Gasteiger charge is 2.03. The van der Waals surface area contributed by atoms with E-state index in [9.17, 15) is 4.57 Å². The van der Waals surface area contributed by atoms with E-state index in [-0.39, 0.29) is 58.8 Å². The van der Waals surface area contributed by atoms with Gasteiger partial charge in [-0.3, -0.25) is 0 Å². The maximum Gasteiger partial charge on any atom is 0.507 e. The van der Waals surface area contributed by atoms with Gasteiger partial charge >= 0.3 is 8.03 Å². The van der Waals surface area contributed by atoms with Crippen LogP contribution in [0.4, 0.5) is 0 Å². The van der Waals surface area contributed by atoms with Crippen LogP contribution in [0.3, 0.4) is 0 Å². The highest BCUT2D eigenvalue weighted by Crippen LogP contribution is 2.26. The number of methoxy groups -OCH3 is 2. The van der Waals surface area contributed by atoms with Crippen molar-refractivity contribution in [3.63, 3.8) is 0 Å². The molecule has 0 aliphatic rings. The minimum absolute atomic E-state index is 0. The summed E-state index contributed by atoms with van der Waals surface area (Å²) in [6, 6.07) is 21.0. The van der Waals surface area contributed by atoms with Gasteiger partial charge in [0.15, 0.2) is 6.66 Å². The summed E-state index contributed by atoms with van der Waals surface area (Å²) in [5.74, 6) is 1.69. The molecule has 0 heterocycles. The molecule has 0 fully saturated rings. The number of rotatable bonds is 9. The fraction of sp³-hybridized carbons (Fsp3) is 0.625. The molecule has 0 aliphatic carbocycles. The lowest BCUT2D eigenvalue weighted by atomic mass is 10.0. The molecular formula is C32H70O4PS+. The van der Waals surface area contributed by atoms with Crippen molar-refractivity contribution in [1.29, 1.82) is 0 Å². The molecule has 0 radical (unpaired) electrons. The van der Waals surface area contributed by atoms with Gasteiger partial charge in [-0.1, -0.05) is 140 Å². The van der Waals surface area contributed by atoms with Crippen molar-refractivity contribution in [3.8, 4) is 0 Å². The van der Waals surface area contributed by atoms with Crippen molar-refractivity contribution in [2.75, 3.05) is 40.0 Å². The van der Waals surface area contributed by atoms with Crippen LogP contribution in [0.15, 0.2) is 60.7 Å². The minimum atomic E-state index is -1.48. The third kappa shape index (κ3) is 36.9. The van der Waals surface area contributed by atoms with Gasteiger partial charge in [0.1, 0.15) is 0 Å². The van der Waals surface area contributed by atoms with Gasteiger partial charge in [0.2, 0.25) is 6.79 Å². The molecule has 0 aromatic heterocycles. The van der Waals surface area contributed by atoms with Crippen LogP contribution < -0.4 is 0 Å². The fourth-order valence-corrected chi connectivity index (χ4v) is 3.43. The van der Waals surface area contributed by atoms with E-state index in [1.54, 1.807) is 7.11 Å². The maximum atomic E-state index is 10.0. The summed E-state index contributed by atoms with van der Waals surface area (Å²) in [6.45, 7) is 13.0. The Hall–Kier alpha value is -1.23. The topological polar surface area (TPSA) is 44.8 Å². The lowest BCUT2D eigenvalue weighted by Crippen LogP contribution is -2.00. The number of benzene rings is 2. The Bertz CT molecular complexity index is 580. The van der Waals surface area contributed by atoms with Gasteiger partial charge in [-0.2, -0.15) is 11.8 Å². The fourth-order valence-electron chi connectivity index (χ4n) is 2.33. The van der Waals surface area contributed by atoms with Crippen molar-refractivity contribution in [2.24, 2.45) is 0 Å². The molecule has 0 N–H and O–H groups in total. The van der Waals surface area contributed by atoms with Crippen LogP contribution in [0.25, 0.3) is 0 Å². The average Bonchev–Trinajstić information content (AvgIpc) is 2.81. The predicted octanol–water partition coefficient (Wildman–Crippen LogP) is 12.4. The Morgan fingerprint density at radius 3 is 1.42 bits per heavy atom. The molecule has 2 aromatic rings. The highest BCUT2D eigenvalue weighted by atomic mass is 32.2. The van der Waals surface area contributed by atoms with Gasteiger partial charge in [0.25, 0.3) is 0 Å². The number of thioether (sulfide) groups is 1. The quantitative estimate of drug-likeness (QED) is 0.218. The summed E-state index contributed by atoms with van der Waals surface area (Å²) in [5.41, 5.74) is 2.77. The Labute approximate surface area is 247 Å². The van der Waals surface area contributed by atoms with Crippen molar-refractivity contribution >= 4 is 19.8 Å². The molecule has 3 atom stereocenters. The van der Waals surface area contributed by atoms with Gasteiger partial charge in [0.05, 0.1) is 6.61 Å². The third-order valence-electron chi connectivity index (χ3n) is 3.82.